The van der Waals surface area contributed by atoms with Gasteiger partial charge in [0.25, 0.3) is 0 Å². The fraction of sp³-hybridized carbons (Fsp3) is 0.167. The van der Waals surface area contributed by atoms with Crippen molar-refractivity contribution in [2.45, 2.75) is 9.92 Å². The van der Waals surface area contributed by atoms with Gasteiger partial charge in [-0.2, -0.15) is 0 Å². The van der Waals surface area contributed by atoms with Crippen LogP contribution in [-0.2, 0) is 9.84 Å². The van der Waals surface area contributed by atoms with Gasteiger partial charge in [0.1, 0.15) is 7.85 Å². The van der Waals surface area contributed by atoms with Crippen LogP contribution in [0.2, 0.25) is 0 Å². The zero-order valence-corrected chi connectivity index (χ0v) is 13.0. The van der Waals surface area contributed by atoms with Gasteiger partial charge in [0.15, 0.2) is 9.84 Å². The van der Waals surface area contributed by atoms with Gasteiger partial charge in [0.05, 0.1) is 9.92 Å². The normalized spacial score (nSPS) is 11.3. The van der Waals surface area contributed by atoms with E-state index in [-0.39, 0.29) is 4.90 Å². The summed E-state index contributed by atoms with van der Waals surface area (Å²) < 4.78 is 23.0. The summed E-state index contributed by atoms with van der Waals surface area (Å²) in [7, 11) is -1.28. The third kappa shape index (κ3) is 3.52. The van der Waals surface area contributed by atoms with Gasteiger partial charge in [-0.3, -0.25) is 0 Å². The first-order chi connectivity index (χ1) is 9.40. The van der Waals surface area contributed by atoms with Crippen molar-refractivity contribution in [3.05, 3.63) is 30.5 Å². The van der Waals surface area contributed by atoms with Crippen LogP contribution in [-0.4, -0.2) is 38.7 Å². The Morgan fingerprint density at radius 1 is 1.35 bits per heavy atom. The van der Waals surface area contributed by atoms with E-state index in [4.69, 9.17) is 0 Å². The molecule has 0 saturated heterocycles. The quantitative estimate of drug-likeness (QED) is 0.507. The molecule has 1 aromatic carbocycles. The summed E-state index contributed by atoms with van der Waals surface area (Å²) in [5, 5.41) is 3.91. The molecule has 0 saturated carbocycles. The van der Waals surface area contributed by atoms with Crippen LogP contribution in [0.4, 0.5) is 11.6 Å². The second-order valence-electron chi connectivity index (χ2n) is 4.31. The van der Waals surface area contributed by atoms with Gasteiger partial charge >= 0.3 is 0 Å². The van der Waals surface area contributed by atoms with Crippen molar-refractivity contribution in [1.29, 1.82) is 0 Å². The van der Waals surface area contributed by atoms with Crippen molar-refractivity contribution in [3.63, 3.8) is 0 Å². The third-order valence-electron chi connectivity index (χ3n) is 2.64. The van der Waals surface area contributed by atoms with Gasteiger partial charge in [-0.25, -0.2) is 18.4 Å². The highest BCUT2D eigenvalue weighted by atomic mass is 32.2. The Morgan fingerprint density at radius 3 is 2.75 bits per heavy atom. The molecule has 1 heterocycles. The van der Waals surface area contributed by atoms with Gasteiger partial charge in [0.2, 0.25) is 5.95 Å². The molecule has 0 atom stereocenters. The van der Waals surface area contributed by atoms with Gasteiger partial charge in [-0.15, -0.1) is 11.8 Å². The number of aromatic nitrogens is 2. The van der Waals surface area contributed by atoms with Crippen LogP contribution in [0.15, 0.2) is 40.4 Å². The lowest BCUT2D eigenvalue weighted by atomic mass is 10.0. The van der Waals surface area contributed by atoms with Crippen LogP contribution in [0.1, 0.15) is 0 Å². The molecule has 0 fully saturated rings. The van der Waals surface area contributed by atoms with Crippen molar-refractivity contribution in [3.8, 4) is 0 Å². The van der Waals surface area contributed by atoms with E-state index in [1.807, 2.05) is 14.1 Å². The highest BCUT2D eigenvalue weighted by molar-refractivity contribution is 7.98. The topological polar surface area (TPSA) is 72.0 Å². The Balaban J connectivity index is 2.31. The van der Waals surface area contributed by atoms with Gasteiger partial charge in [0, 0.05) is 18.1 Å². The van der Waals surface area contributed by atoms with E-state index >= 15 is 0 Å². The summed E-state index contributed by atoms with van der Waals surface area (Å²) in [6.07, 6.45) is 4.87. The van der Waals surface area contributed by atoms with Gasteiger partial charge in [-0.05, 0) is 29.9 Å². The lowest BCUT2D eigenvalue weighted by molar-refractivity contribution is 0.602. The molecule has 1 N–H and O–H groups in total. The molecular weight excluding hydrogens is 293 g/mol. The number of sulfone groups is 1. The molecule has 5 nitrogen and oxygen atoms in total. The van der Waals surface area contributed by atoms with Crippen molar-refractivity contribution >= 4 is 46.5 Å². The Morgan fingerprint density at radius 2 is 2.10 bits per heavy atom. The number of rotatable bonds is 4. The van der Waals surface area contributed by atoms with E-state index in [1.165, 1.54) is 6.26 Å². The minimum Gasteiger partial charge on any atom is -0.324 e. The predicted molar refractivity (Wildman–Crippen MR) is 84.8 cm³/mol. The summed E-state index contributed by atoms with van der Waals surface area (Å²) >= 11 is 1.54. The summed E-state index contributed by atoms with van der Waals surface area (Å²) in [6.45, 7) is 0. The Labute approximate surface area is 123 Å². The maximum atomic E-state index is 11.5. The van der Waals surface area contributed by atoms with Crippen molar-refractivity contribution in [2.24, 2.45) is 0 Å². The molecule has 0 radical (unpaired) electrons. The summed E-state index contributed by atoms with van der Waals surface area (Å²) in [6, 6.07) is 6.58. The van der Waals surface area contributed by atoms with E-state index in [0.717, 1.165) is 10.5 Å². The smallest absolute Gasteiger partial charge is 0.228 e. The second kappa shape index (κ2) is 5.84. The average molecular weight is 307 g/mol. The maximum Gasteiger partial charge on any atom is 0.228 e. The number of nitrogens with one attached hydrogen (secondary N) is 1. The van der Waals surface area contributed by atoms with Crippen LogP contribution in [0, 0.1) is 0 Å². The second-order valence-corrected chi connectivity index (χ2v) is 7.12. The van der Waals surface area contributed by atoms with E-state index in [2.05, 4.69) is 15.3 Å². The number of hydrogen-bond acceptors (Lipinski definition) is 6. The van der Waals surface area contributed by atoms with E-state index in [1.54, 1.807) is 42.2 Å². The van der Waals surface area contributed by atoms with E-state index in [9.17, 15) is 8.42 Å². The molecule has 0 aliphatic carbocycles. The Hall–Kier alpha value is -1.54. The number of anilines is 2. The first kappa shape index (κ1) is 14.9. The highest BCUT2D eigenvalue weighted by Crippen LogP contribution is 2.18. The minimum absolute atomic E-state index is 0.264. The fourth-order valence-corrected chi connectivity index (χ4v) is 2.85. The molecule has 8 heteroatoms. The molecule has 0 bridgehead atoms. The molecule has 1 aromatic heterocycles. The zero-order chi connectivity index (χ0) is 14.8. The van der Waals surface area contributed by atoms with Crippen LogP contribution < -0.4 is 10.8 Å². The fourth-order valence-electron chi connectivity index (χ4n) is 1.63. The Kier molecular flexibility index (Phi) is 4.34. The molecule has 2 aromatic rings. The molecular formula is C12H14BN3O2S2. The standard InChI is InChI=1S/C12H14BN3O2S2/c1-19-11-10(13)7-14-12(16-11)15-8-4-3-5-9(6-8)20(2,17)18/h3-7H,13H2,1-2H3,(H,14,15,16). The largest absolute Gasteiger partial charge is 0.324 e. The first-order valence-corrected chi connectivity index (χ1v) is 8.96. The summed E-state index contributed by atoms with van der Waals surface area (Å²) in [4.78, 5) is 8.82. The third-order valence-corrected chi connectivity index (χ3v) is 4.55. The van der Waals surface area contributed by atoms with E-state index < -0.39 is 9.84 Å². The van der Waals surface area contributed by atoms with Crippen LogP contribution >= 0.6 is 11.8 Å². The zero-order valence-electron chi connectivity index (χ0n) is 11.4. The molecule has 2 rings (SSSR count). The van der Waals surface area contributed by atoms with Crippen LogP contribution in [0.25, 0.3) is 0 Å². The molecule has 0 aliphatic heterocycles. The number of hydrogen-bond donors (Lipinski definition) is 1. The van der Waals surface area contributed by atoms with Crippen molar-refractivity contribution < 1.29 is 8.42 Å². The van der Waals surface area contributed by atoms with Gasteiger partial charge in [-0.1, -0.05) is 6.07 Å². The lowest BCUT2D eigenvalue weighted by Gasteiger charge is -2.08. The summed E-state index contributed by atoms with van der Waals surface area (Å²) in [5.74, 6) is 0.450. The first-order valence-electron chi connectivity index (χ1n) is 5.85. The number of nitrogens with zero attached hydrogens (tertiary/aromatic N) is 2. The lowest BCUT2D eigenvalue weighted by Crippen LogP contribution is -2.11. The minimum atomic E-state index is -3.22. The molecule has 0 amide bonds. The number of thioether (sulfide) groups is 1. The monoisotopic (exact) mass is 307 g/mol. The van der Waals surface area contributed by atoms with Crippen LogP contribution in [0.5, 0.6) is 0 Å². The van der Waals surface area contributed by atoms with Crippen molar-refractivity contribution in [1.82, 2.24) is 9.97 Å². The van der Waals surface area contributed by atoms with Crippen LogP contribution in [0.3, 0.4) is 0 Å². The SMILES string of the molecule is Bc1cnc(Nc2cccc(S(C)(=O)=O)c2)nc1SC. The molecule has 0 unspecified atom stereocenters. The molecule has 0 aliphatic rings. The molecule has 20 heavy (non-hydrogen) atoms. The molecule has 0 spiro atoms. The average Bonchev–Trinajstić information content (AvgIpc) is 2.40. The van der Waals surface area contributed by atoms with Gasteiger partial charge < -0.3 is 5.32 Å². The predicted octanol–water partition coefficient (Wildman–Crippen LogP) is 0.604. The van der Waals surface area contributed by atoms with Crippen molar-refractivity contribution in [2.75, 3.05) is 17.8 Å². The number of benzene rings is 1. The Bertz CT molecular complexity index is 735. The highest BCUT2D eigenvalue weighted by Gasteiger charge is 2.08. The maximum absolute atomic E-state index is 11.5. The van der Waals surface area contributed by atoms with E-state index in [0.29, 0.717) is 11.6 Å². The summed E-state index contributed by atoms with van der Waals surface area (Å²) in [5.41, 5.74) is 1.65. The molecule has 104 valence electrons.